The SMILES string of the molecule is Cc1cc(C)nc(NC(C)c2cccnc2)n1. The summed E-state index contributed by atoms with van der Waals surface area (Å²) >= 11 is 0. The maximum atomic E-state index is 4.36. The summed E-state index contributed by atoms with van der Waals surface area (Å²) in [6, 6.07) is 6.06. The van der Waals surface area contributed by atoms with Gasteiger partial charge in [0.15, 0.2) is 0 Å². The van der Waals surface area contributed by atoms with E-state index in [0.717, 1.165) is 17.0 Å². The van der Waals surface area contributed by atoms with Crippen LogP contribution in [0, 0.1) is 13.8 Å². The summed E-state index contributed by atoms with van der Waals surface area (Å²) in [5.74, 6) is 0.666. The zero-order valence-corrected chi connectivity index (χ0v) is 10.3. The monoisotopic (exact) mass is 228 g/mol. The molecule has 2 aromatic heterocycles. The summed E-state index contributed by atoms with van der Waals surface area (Å²) in [5, 5.41) is 3.28. The molecule has 0 saturated carbocycles. The molecule has 0 saturated heterocycles. The van der Waals surface area contributed by atoms with E-state index in [9.17, 15) is 0 Å². The van der Waals surface area contributed by atoms with Crippen molar-refractivity contribution in [2.75, 3.05) is 5.32 Å². The lowest BCUT2D eigenvalue weighted by molar-refractivity contribution is 0.846. The molecule has 0 aliphatic heterocycles. The number of anilines is 1. The molecule has 0 aromatic carbocycles. The van der Waals surface area contributed by atoms with Crippen molar-refractivity contribution in [1.29, 1.82) is 0 Å². The first-order chi connectivity index (χ1) is 8.15. The van der Waals surface area contributed by atoms with Gasteiger partial charge in [0, 0.05) is 23.8 Å². The number of nitrogens with zero attached hydrogens (tertiary/aromatic N) is 3. The first kappa shape index (κ1) is 11.5. The van der Waals surface area contributed by atoms with Crippen molar-refractivity contribution in [2.45, 2.75) is 26.8 Å². The van der Waals surface area contributed by atoms with E-state index >= 15 is 0 Å². The van der Waals surface area contributed by atoms with E-state index < -0.39 is 0 Å². The molecule has 0 bridgehead atoms. The number of aryl methyl sites for hydroxylation is 2. The standard InChI is InChI=1S/C13H16N4/c1-9-7-10(2)16-13(15-9)17-11(3)12-5-4-6-14-8-12/h4-8,11H,1-3H3,(H,15,16,17). The highest BCUT2D eigenvalue weighted by molar-refractivity contribution is 5.32. The first-order valence-corrected chi connectivity index (χ1v) is 5.64. The second kappa shape index (κ2) is 4.91. The fraction of sp³-hybridized carbons (Fsp3) is 0.308. The number of hydrogen-bond acceptors (Lipinski definition) is 4. The van der Waals surface area contributed by atoms with Gasteiger partial charge >= 0.3 is 0 Å². The van der Waals surface area contributed by atoms with Crippen LogP contribution >= 0.6 is 0 Å². The number of nitrogens with one attached hydrogen (secondary N) is 1. The van der Waals surface area contributed by atoms with Gasteiger partial charge in [0.05, 0.1) is 6.04 Å². The van der Waals surface area contributed by atoms with Crippen molar-refractivity contribution in [3.8, 4) is 0 Å². The fourth-order valence-electron chi connectivity index (χ4n) is 1.70. The van der Waals surface area contributed by atoms with Crippen molar-refractivity contribution in [1.82, 2.24) is 15.0 Å². The van der Waals surface area contributed by atoms with Gasteiger partial charge in [-0.15, -0.1) is 0 Å². The zero-order chi connectivity index (χ0) is 12.3. The van der Waals surface area contributed by atoms with Crippen LogP contribution in [0.2, 0.25) is 0 Å². The molecular weight excluding hydrogens is 212 g/mol. The predicted molar refractivity (Wildman–Crippen MR) is 67.8 cm³/mol. The molecule has 1 atom stereocenters. The first-order valence-electron chi connectivity index (χ1n) is 5.64. The Morgan fingerprint density at radius 3 is 2.47 bits per heavy atom. The van der Waals surface area contributed by atoms with Crippen molar-refractivity contribution in [3.63, 3.8) is 0 Å². The van der Waals surface area contributed by atoms with Crippen LogP contribution in [0.1, 0.15) is 29.9 Å². The minimum absolute atomic E-state index is 0.143. The molecule has 0 amide bonds. The van der Waals surface area contributed by atoms with Crippen molar-refractivity contribution in [2.24, 2.45) is 0 Å². The molecule has 2 aromatic rings. The molecule has 0 radical (unpaired) electrons. The van der Waals surface area contributed by atoms with E-state index in [0.29, 0.717) is 5.95 Å². The fourth-order valence-corrected chi connectivity index (χ4v) is 1.70. The van der Waals surface area contributed by atoms with Gasteiger partial charge in [0.2, 0.25) is 5.95 Å². The topological polar surface area (TPSA) is 50.7 Å². The summed E-state index contributed by atoms with van der Waals surface area (Å²) < 4.78 is 0. The molecule has 1 N–H and O–H groups in total. The Kier molecular flexibility index (Phi) is 3.32. The minimum Gasteiger partial charge on any atom is -0.348 e. The molecule has 4 heteroatoms. The quantitative estimate of drug-likeness (QED) is 0.877. The molecule has 0 aliphatic carbocycles. The second-order valence-corrected chi connectivity index (χ2v) is 4.13. The van der Waals surface area contributed by atoms with E-state index in [2.05, 4.69) is 27.2 Å². The van der Waals surface area contributed by atoms with Gasteiger partial charge in [-0.05, 0) is 38.5 Å². The van der Waals surface area contributed by atoms with Crippen LogP contribution in [0.5, 0.6) is 0 Å². The van der Waals surface area contributed by atoms with Crippen LogP contribution in [0.3, 0.4) is 0 Å². The third kappa shape index (κ3) is 3.00. The van der Waals surface area contributed by atoms with Crippen LogP contribution in [-0.4, -0.2) is 15.0 Å². The highest BCUT2D eigenvalue weighted by Crippen LogP contribution is 2.15. The number of rotatable bonds is 3. The predicted octanol–water partition coefficient (Wildman–Crippen LogP) is 2.66. The van der Waals surface area contributed by atoms with E-state index in [1.807, 2.05) is 38.2 Å². The van der Waals surface area contributed by atoms with Crippen molar-refractivity contribution in [3.05, 3.63) is 47.5 Å². The van der Waals surface area contributed by atoms with E-state index in [4.69, 9.17) is 0 Å². The van der Waals surface area contributed by atoms with Gasteiger partial charge in [-0.3, -0.25) is 4.98 Å². The van der Waals surface area contributed by atoms with Crippen molar-refractivity contribution >= 4 is 5.95 Å². The Labute approximate surface area is 101 Å². The van der Waals surface area contributed by atoms with E-state index in [1.165, 1.54) is 0 Å². The van der Waals surface area contributed by atoms with Crippen LogP contribution in [0.4, 0.5) is 5.95 Å². The Morgan fingerprint density at radius 1 is 1.18 bits per heavy atom. The van der Waals surface area contributed by atoms with Gasteiger partial charge in [-0.25, -0.2) is 9.97 Å². The summed E-state index contributed by atoms with van der Waals surface area (Å²) in [4.78, 5) is 12.8. The smallest absolute Gasteiger partial charge is 0.223 e. The Bertz CT molecular complexity index is 476. The number of pyridine rings is 1. The highest BCUT2D eigenvalue weighted by atomic mass is 15.1. The second-order valence-electron chi connectivity index (χ2n) is 4.13. The summed E-state index contributed by atoms with van der Waals surface area (Å²) in [6.07, 6.45) is 3.61. The summed E-state index contributed by atoms with van der Waals surface area (Å²) in [5.41, 5.74) is 3.06. The largest absolute Gasteiger partial charge is 0.348 e. The third-order valence-corrected chi connectivity index (χ3v) is 2.51. The van der Waals surface area contributed by atoms with Crippen LogP contribution < -0.4 is 5.32 Å². The molecule has 4 nitrogen and oxygen atoms in total. The minimum atomic E-state index is 0.143. The molecule has 88 valence electrons. The molecule has 2 heterocycles. The van der Waals surface area contributed by atoms with Crippen LogP contribution in [0.15, 0.2) is 30.6 Å². The average molecular weight is 228 g/mol. The van der Waals surface area contributed by atoms with Gasteiger partial charge in [0.1, 0.15) is 0 Å². The van der Waals surface area contributed by atoms with E-state index in [-0.39, 0.29) is 6.04 Å². The molecular formula is C13H16N4. The molecule has 0 fully saturated rings. The molecule has 1 unspecified atom stereocenters. The summed E-state index contributed by atoms with van der Waals surface area (Å²) in [7, 11) is 0. The van der Waals surface area contributed by atoms with Gasteiger partial charge < -0.3 is 5.32 Å². The maximum Gasteiger partial charge on any atom is 0.223 e. The van der Waals surface area contributed by atoms with Gasteiger partial charge in [-0.1, -0.05) is 6.07 Å². The van der Waals surface area contributed by atoms with Gasteiger partial charge in [0.25, 0.3) is 0 Å². The van der Waals surface area contributed by atoms with E-state index in [1.54, 1.807) is 6.20 Å². The lowest BCUT2D eigenvalue weighted by atomic mass is 10.1. The lowest BCUT2D eigenvalue weighted by Gasteiger charge is -2.14. The van der Waals surface area contributed by atoms with Crippen LogP contribution in [-0.2, 0) is 0 Å². The Balaban J connectivity index is 2.16. The van der Waals surface area contributed by atoms with Gasteiger partial charge in [-0.2, -0.15) is 0 Å². The normalized spacial score (nSPS) is 12.2. The number of aromatic nitrogens is 3. The summed E-state index contributed by atoms with van der Waals surface area (Å²) in [6.45, 7) is 6.00. The molecule has 0 spiro atoms. The molecule has 2 rings (SSSR count). The highest BCUT2D eigenvalue weighted by Gasteiger charge is 2.07. The average Bonchev–Trinajstić information content (AvgIpc) is 2.28. The lowest BCUT2D eigenvalue weighted by Crippen LogP contribution is -2.10. The maximum absolute atomic E-state index is 4.36. The molecule has 17 heavy (non-hydrogen) atoms. The third-order valence-electron chi connectivity index (χ3n) is 2.51. The van der Waals surface area contributed by atoms with Crippen LogP contribution in [0.25, 0.3) is 0 Å². The molecule has 0 aliphatic rings. The Morgan fingerprint density at radius 2 is 1.88 bits per heavy atom. The van der Waals surface area contributed by atoms with Crippen molar-refractivity contribution < 1.29 is 0 Å². The zero-order valence-electron chi connectivity index (χ0n) is 10.3. The number of hydrogen-bond donors (Lipinski definition) is 1. The Hall–Kier alpha value is -1.97.